The molecule has 1 aliphatic heterocycles. The van der Waals surface area contributed by atoms with E-state index in [0.29, 0.717) is 16.5 Å². The molecule has 3 aromatic carbocycles. The minimum atomic E-state index is -1.27. The number of carbonyl (C=O) groups is 3. The minimum Gasteiger partial charge on any atom is -0.318 e. The Morgan fingerprint density at radius 1 is 0.917 bits per heavy atom. The second-order valence-corrected chi connectivity index (χ2v) is 9.17. The Labute approximate surface area is 211 Å². The lowest BCUT2D eigenvalue weighted by molar-refractivity contribution is -0.138. The van der Waals surface area contributed by atoms with Gasteiger partial charge in [0.05, 0.1) is 5.75 Å². The number of hydrazine groups is 1. The zero-order valence-corrected chi connectivity index (χ0v) is 20.1. The van der Waals surface area contributed by atoms with Crippen LogP contribution in [0.2, 0.25) is 0 Å². The van der Waals surface area contributed by atoms with Crippen molar-refractivity contribution in [2.24, 2.45) is 0 Å². The molecule has 1 aliphatic rings. The van der Waals surface area contributed by atoms with Crippen LogP contribution in [-0.4, -0.2) is 43.4 Å². The molecule has 0 bridgehead atoms. The third kappa shape index (κ3) is 4.34. The average Bonchev–Trinajstić information content (AvgIpc) is 3.44. The number of urea groups is 1. The number of amides is 4. The van der Waals surface area contributed by atoms with Crippen LogP contribution < -0.4 is 10.7 Å². The molecule has 4 amide bonds. The number of nitrogens with one attached hydrogen (secondary N) is 2. The van der Waals surface area contributed by atoms with Gasteiger partial charge in [-0.05, 0) is 24.6 Å². The molecule has 5 rings (SSSR count). The highest BCUT2D eigenvalue weighted by atomic mass is 32.2. The molecular formula is C26H22N6O3S. The van der Waals surface area contributed by atoms with Crippen LogP contribution >= 0.6 is 11.8 Å². The summed E-state index contributed by atoms with van der Waals surface area (Å²) in [5.74, 6) is -0.531. The molecule has 180 valence electrons. The maximum absolute atomic E-state index is 13.0. The normalized spacial score (nSPS) is 17.2. The number of imide groups is 1. The van der Waals surface area contributed by atoms with Crippen molar-refractivity contribution in [1.29, 1.82) is 0 Å². The minimum absolute atomic E-state index is 0.0845. The van der Waals surface area contributed by atoms with Gasteiger partial charge in [-0.2, -0.15) is 5.01 Å². The van der Waals surface area contributed by atoms with E-state index in [9.17, 15) is 14.4 Å². The SMILES string of the molecule is C[C@]1(c2ccccc2)NC(=O)N(NC(=O)CSc2nnc(-c3ccccc3)n2-c2ccccc2)C1=O. The summed E-state index contributed by atoms with van der Waals surface area (Å²) in [5, 5.41) is 12.6. The number of rotatable bonds is 7. The van der Waals surface area contributed by atoms with Crippen molar-refractivity contribution in [2.75, 3.05) is 5.75 Å². The van der Waals surface area contributed by atoms with E-state index >= 15 is 0 Å². The topological polar surface area (TPSA) is 109 Å². The highest BCUT2D eigenvalue weighted by Gasteiger charge is 2.49. The number of benzene rings is 3. The Morgan fingerprint density at radius 3 is 2.19 bits per heavy atom. The third-order valence-corrected chi connectivity index (χ3v) is 6.72. The van der Waals surface area contributed by atoms with Gasteiger partial charge in [0, 0.05) is 11.3 Å². The van der Waals surface area contributed by atoms with Crippen molar-refractivity contribution in [3.05, 3.63) is 96.6 Å². The molecule has 0 aliphatic carbocycles. The summed E-state index contributed by atoms with van der Waals surface area (Å²) in [6.45, 7) is 1.61. The van der Waals surface area contributed by atoms with Crippen LogP contribution in [-0.2, 0) is 15.1 Å². The molecule has 10 heteroatoms. The van der Waals surface area contributed by atoms with Gasteiger partial charge in [-0.15, -0.1) is 10.2 Å². The molecule has 1 saturated heterocycles. The molecule has 1 aromatic heterocycles. The molecule has 4 aromatic rings. The first-order valence-electron chi connectivity index (χ1n) is 11.2. The first-order chi connectivity index (χ1) is 17.5. The van der Waals surface area contributed by atoms with E-state index in [1.807, 2.05) is 71.3 Å². The van der Waals surface area contributed by atoms with Crippen LogP contribution in [0.5, 0.6) is 0 Å². The van der Waals surface area contributed by atoms with Crippen LogP contribution in [0.3, 0.4) is 0 Å². The van der Waals surface area contributed by atoms with Crippen molar-refractivity contribution in [1.82, 2.24) is 30.5 Å². The number of thioether (sulfide) groups is 1. The lowest BCUT2D eigenvalue weighted by Crippen LogP contribution is -2.48. The summed E-state index contributed by atoms with van der Waals surface area (Å²) in [7, 11) is 0. The summed E-state index contributed by atoms with van der Waals surface area (Å²) in [5.41, 5.74) is 3.51. The van der Waals surface area contributed by atoms with Gasteiger partial charge in [-0.3, -0.25) is 19.6 Å². The van der Waals surface area contributed by atoms with Crippen molar-refractivity contribution in [2.45, 2.75) is 17.6 Å². The van der Waals surface area contributed by atoms with Crippen LogP contribution in [0, 0.1) is 0 Å². The lowest BCUT2D eigenvalue weighted by atomic mass is 9.92. The van der Waals surface area contributed by atoms with Gasteiger partial charge in [0.1, 0.15) is 5.54 Å². The fraction of sp³-hybridized carbons (Fsp3) is 0.115. The zero-order valence-electron chi connectivity index (χ0n) is 19.3. The number of carbonyl (C=O) groups excluding carboxylic acids is 3. The van der Waals surface area contributed by atoms with Gasteiger partial charge in [0.2, 0.25) is 5.91 Å². The Morgan fingerprint density at radius 2 is 1.53 bits per heavy atom. The van der Waals surface area contributed by atoms with Crippen LogP contribution in [0.1, 0.15) is 12.5 Å². The number of aromatic nitrogens is 3. The fourth-order valence-electron chi connectivity index (χ4n) is 3.94. The van der Waals surface area contributed by atoms with Gasteiger partial charge in [0.25, 0.3) is 5.91 Å². The van der Waals surface area contributed by atoms with E-state index in [2.05, 4.69) is 20.9 Å². The molecule has 0 saturated carbocycles. The fourth-order valence-corrected chi connectivity index (χ4v) is 4.69. The molecule has 0 spiro atoms. The van der Waals surface area contributed by atoms with E-state index in [0.717, 1.165) is 28.0 Å². The predicted octanol–water partition coefficient (Wildman–Crippen LogP) is 3.52. The number of hydrogen-bond acceptors (Lipinski definition) is 6. The maximum atomic E-state index is 13.0. The Bertz CT molecular complexity index is 1410. The van der Waals surface area contributed by atoms with E-state index in [-0.39, 0.29) is 5.75 Å². The quantitative estimate of drug-likeness (QED) is 0.298. The smallest absolute Gasteiger partial charge is 0.318 e. The van der Waals surface area contributed by atoms with Crippen molar-refractivity contribution in [3.63, 3.8) is 0 Å². The standard InChI is InChI=1S/C26H22N6O3S/c1-26(19-13-7-3-8-14-19)23(34)32(24(35)27-26)30-21(33)17-36-25-29-28-22(18-11-5-2-6-12-18)31(25)20-15-9-4-10-16-20/h2-16H,17H2,1H3,(H,27,35)(H,30,33)/t26-/m1/s1. The summed E-state index contributed by atoms with van der Waals surface area (Å²) in [4.78, 5) is 38.3. The molecule has 0 radical (unpaired) electrons. The predicted molar refractivity (Wildman–Crippen MR) is 135 cm³/mol. The Hall–Kier alpha value is -4.44. The van der Waals surface area contributed by atoms with Gasteiger partial charge in [0.15, 0.2) is 11.0 Å². The molecule has 36 heavy (non-hydrogen) atoms. The van der Waals surface area contributed by atoms with Crippen molar-refractivity contribution < 1.29 is 14.4 Å². The van der Waals surface area contributed by atoms with E-state index in [1.54, 1.807) is 31.2 Å². The van der Waals surface area contributed by atoms with E-state index in [1.165, 1.54) is 0 Å². The Balaban J connectivity index is 1.33. The molecule has 1 fully saturated rings. The molecule has 9 nitrogen and oxygen atoms in total. The maximum Gasteiger partial charge on any atom is 0.344 e. The monoisotopic (exact) mass is 498 g/mol. The molecule has 1 atom stereocenters. The van der Waals surface area contributed by atoms with E-state index < -0.39 is 23.4 Å². The lowest BCUT2D eigenvalue weighted by Gasteiger charge is -2.22. The summed E-state index contributed by atoms with van der Waals surface area (Å²) in [6.07, 6.45) is 0. The highest BCUT2D eigenvalue weighted by Crippen LogP contribution is 2.29. The van der Waals surface area contributed by atoms with Gasteiger partial charge >= 0.3 is 6.03 Å². The average molecular weight is 499 g/mol. The first kappa shape index (κ1) is 23.3. The second kappa shape index (κ2) is 9.67. The number of para-hydroxylation sites is 1. The van der Waals surface area contributed by atoms with Gasteiger partial charge in [-0.25, -0.2) is 4.79 Å². The largest absolute Gasteiger partial charge is 0.344 e. The molecule has 2 heterocycles. The van der Waals surface area contributed by atoms with Gasteiger partial charge < -0.3 is 5.32 Å². The van der Waals surface area contributed by atoms with E-state index in [4.69, 9.17) is 0 Å². The summed E-state index contributed by atoms with van der Waals surface area (Å²) in [6, 6.07) is 27.4. The van der Waals surface area contributed by atoms with Crippen LogP contribution in [0.15, 0.2) is 96.2 Å². The molecule has 0 unspecified atom stereocenters. The third-order valence-electron chi connectivity index (χ3n) is 5.79. The summed E-state index contributed by atoms with van der Waals surface area (Å²) < 4.78 is 1.87. The van der Waals surface area contributed by atoms with Crippen molar-refractivity contribution >= 4 is 29.6 Å². The number of nitrogens with zero attached hydrogens (tertiary/aromatic N) is 4. The second-order valence-electron chi connectivity index (χ2n) is 8.23. The Kier molecular flexibility index (Phi) is 6.26. The number of hydrogen-bond donors (Lipinski definition) is 2. The highest BCUT2D eigenvalue weighted by molar-refractivity contribution is 7.99. The zero-order chi connectivity index (χ0) is 25.1. The summed E-state index contributed by atoms with van der Waals surface area (Å²) >= 11 is 1.16. The van der Waals surface area contributed by atoms with Crippen molar-refractivity contribution in [3.8, 4) is 17.1 Å². The van der Waals surface area contributed by atoms with Crippen LogP contribution in [0.4, 0.5) is 4.79 Å². The van der Waals surface area contributed by atoms with Gasteiger partial charge in [-0.1, -0.05) is 90.6 Å². The first-order valence-corrected chi connectivity index (χ1v) is 12.2. The molecule has 2 N–H and O–H groups in total. The van der Waals surface area contributed by atoms with Crippen LogP contribution in [0.25, 0.3) is 17.1 Å². The molecular weight excluding hydrogens is 476 g/mol.